The molecule has 2 amide bonds. The molecular weight excluding hydrogens is 358 g/mol. The number of nitrogens with two attached hydrogens (primary N) is 1. The smallest absolute Gasteiger partial charge is 0.255 e. The Bertz CT molecular complexity index is 850. The second-order valence-corrected chi connectivity index (χ2v) is 6.78. The molecule has 1 aliphatic rings. The van der Waals surface area contributed by atoms with Crippen molar-refractivity contribution < 1.29 is 19.1 Å². The van der Waals surface area contributed by atoms with E-state index in [2.05, 4.69) is 10.6 Å². The molecule has 0 heterocycles. The van der Waals surface area contributed by atoms with E-state index in [1.165, 1.54) is 14.2 Å². The van der Waals surface area contributed by atoms with Gasteiger partial charge in [0.2, 0.25) is 0 Å². The topological polar surface area (TPSA) is 103 Å². The third kappa shape index (κ3) is 4.61. The van der Waals surface area contributed by atoms with E-state index in [-0.39, 0.29) is 23.4 Å². The number of nitrogens with one attached hydrogen (secondary N) is 2. The highest BCUT2D eigenvalue weighted by Crippen LogP contribution is 2.34. The Morgan fingerprint density at radius 3 is 2.32 bits per heavy atom. The molecule has 7 nitrogen and oxygen atoms in total. The summed E-state index contributed by atoms with van der Waals surface area (Å²) in [4.78, 5) is 25.4. The van der Waals surface area contributed by atoms with Crippen molar-refractivity contribution in [3.05, 3.63) is 53.6 Å². The minimum atomic E-state index is -0.333. The number of anilines is 1. The maximum atomic E-state index is 12.8. The van der Waals surface area contributed by atoms with Crippen LogP contribution in [-0.4, -0.2) is 38.6 Å². The molecule has 4 N–H and O–H groups in total. The molecule has 0 saturated heterocycles. The van der Waals surface area contributed by atoms with Gasteiger partial charge in [0.15, 0.2) is 11.5 Å². The molecule has 0 aromatic heterocycles. The van der Waals surface area contributed by atoms with Gasteiger partial charge in [-0.05, 0) is 37.0 Å². The summed E-state index contributed by atoms with van der Waals surface area (Å²) in [6.07, 6.45) is 2.21. The van der Waals surface area contributed by atoms with Crippen LogP contribution in [0.2, 0.25) is 0 Å². The highest BCUT2D eigenvalue weighted by atomic mass is 16.5. The molecule has 1 atom stereocenters. The number of methoxy groups -OCH3 is 2. The normalized spacial score (nSPS) is 14.1. The Balaban J connectivity index is 1.85. The van der Waals surface area contributed by atoms with E-state index < -0.39 is 0 Å². The lowest BCUT2D eigenvalue weighted by Crippen LogP contribution is -2.38. The number of ether oxygens (including phenoxy) is 2. The Morgan fingerprint density at radius 2 is 1.71 bits per heavy atom. The summed E-state index contributed by atoms with van der Waals surface area (Å²) < 4.78 is 10.6. The van der Waals surface area contributed by atoms with Crippen LogP contribution in [0.1, 0.15) is 33.6 Å². The van der Waals surface area contributed by atoms with Crippen molar-refractivity contribution in [1.29, 1.82) is 0 Å². The number of benzene rings is 2. The second-order valence-electron chi connectivity index (χ2n) is 6.78. The molecule has 0 aliphatic heterocycles. The lowest BCUT2D eigenvalue weighted by Gasteiger charge is -2.17. The molecular formula is C21H25N3O4. The standard InChI is InChI=1S/C21H25N3O4/c1-27-18-10-15(21(26)23-12-16(22)13-8-9-13)17(11-19(18)28-2)24-20(25)14-6-4-3-5-7-14/h3-7,10-11,13,16H,8-9,12,22H2,1-2H3,(H,23,26)(H,24,25). The van der Waals surface area contributed by atoms with E-state index in [1.54, 1.807) is 36.4 Å². The van der Waals surface area contributed by atoms with Crippen LogP contribution in [0.15, 0.2) is 42.5 Å². The third-order valence-electron chi connectivity index (χ3n) is 4.78. The highest BCUT2D eigenvalue weighted by Gasteiger charge is 2.29. The Kier molecular flexibility index (Phi) is 6.16. The first kappa shape index (κ1) is 19.7. The molecule has 7 heteroatoms. The van der Waals surface area contributed by atoms with Crippen molar-refractivity contribution in [3.63, 3.8) is 0 Å². The molecule has 3 rings (SSSR count). The van der Waals surface area contributed by atoms with Crippen LogP contribution in [0.25, 0.3) is 0 Å². The van der Waals surface area contributed by atoms with Gasteiger partial charge in [0, 0.05) is 24.2 Å². The van der Waals surface area contributed by atoms with Crippen molar-refractivity contribution in [2.75, 3.05) is 26.1 Å². The van der Waals surface area contributed by atoms with E-state index in [1.807, 2.05) is 6.07 Å². The minimum absolute atomic E-state index is 0.0635. The predicted octanol–water partition coefficient (Wildman–Crippen LogP) is 2.42. The number of amides is 2. The molecule has 1 saturated carbocycles. The van der Waals surface area contributed by atoms with Crippen LogP contribution in [-0.2, 0) is 0 Å². The van der Waals surface area contributed by atoms with Gasteiger partial charge in [0.1, 0.15) is 0 Å². The monoisotopic (exact) mass is 383 g/mol. The Morgan fingerprint density at radius 1 is 1.07 bits per heavy atom. The average Bonchev–Trinajstić information content (AvgIpc) is 3.57. The van der Waals surface area contributed by atoms with Crippen molar-refractivity contribution in [1.82, 2.24) is 5.32 Å². The van der Waals surface area contributed by atoms with Gasteiger partial charge >= 0.3 is 0 Å². The molecule has 0 radical (unpaired) electrons. The van der Waals surface area contributed by atoms with Crippen LogP contribution >= 0.6 is 0 Å². The lowest BCUT2D eigenvalue weighted by atomic mass is 10.1. The lowest BCUT2D eigenvalue weighted by molar-refractivity contribution is 0.0950. The molecule has 2 aromatic rings. The number of hydrogen-bond acceptors (Lipinski definition) is 5. The summed E-state index contributed by atoms with van der Waals surface area (Å²) in [5, 5.41) is 5.64. The van der Waals surface area contributed by atoms with Gasteiger partial charge in [-0.3, -0.25) is 9.59 Å². The zero-order valence-electron chi connectivity index (χ0n) is 16.0. The largest absolute Gasteiger partial charge is 0.493 e. The van der Waals surface area contributed by atoms with Gasteiger partial charge < -0.3 is 25.8 Å². The summed E-state index contributed by atoms with van der Waals surface area (Å²) in [6, 6.07) is 11.8. The zero-order valence-corrected chi connectivity index (χ0v) is 16.0. The molecule has 1 aliphatic carbocycles. The van der Waals surface area contributed by atoms with Gasteiger partial charge in [-0.2, -0.15) is 0 Å². The van der Waals surface area contributed by atoms with E-state index in [9.17, 15) is 9.59 Å². The van der Waals surface area contributed by atoms with Gasteiger partial charge in [-0.1, -0.05) is 18.2 Å². The van der Waals surface area contributed by atoms with Gasteiger partial charge in [-0.15, -0.1) is 0 Å². The first-order valence-corrected chi connectivity index (χ1v) is 9.19. The Labute approximate surface area is 164 Å². The van der Waals surface area contributed by atoms with E-state index in [4.69, 9.17) is 15.2 Å². The van der Waals surface area contributed by atoms with Crippen LogP contribution in [0, 0.1) is 5.92 Å². The second kappa shape index (κ2) is 8.75. The van der Waals surface area contributed by atoms with Crippen LogP contribution in [0.3, 0.4) is 0 Å². The van der Waals surface area contributed by atoms with Gasteiger partial charge in [-0.25, -0.2) is 0 Å². The van der Waals surface area contributed by atoms with Crippen molar-refractivity contribution in [2.24, 2.45) is 11.7 Å². The zero-order chi connectivity index (χ0) is 20.1. The van der Waals surface area contributed by atoms with Crippen LogP contribution < -0.4 is 25.8 Å². The SMILES string of the molecule is COc1cc(NC(=O)c2ccccc2)c(C(=O)NCC(N)C2CC2)cc1OC. The summed E-state index contributed by atoms with van der Waals surface area (Å²) in [5.41, 5.74) is 7.18. The highest BCUT2D eigenvalue weighted by molar-refractivity contribution is 6.09. The summed E-state index contributed by atoms with van der Waals surface area (Å²) >= 11 is 0. The molecule has 2 aromatic carbocycles. The molecule has 1 fully saturated rings. The average molecular weight is 383 g/mol. The van der Waals surface area contributed by atoms with Gasteiger partial charge in [0.05, 0.1) is 25.5 Å². The predicted molar refractivity (Wildman–Crippen MR) is 107 cm³/mol. The summed E-state index contributed by atoms with van der Waals surface area (Å²) in [5.74, 6) is 0.633. The van der Waals surface area contributed by atoms with E-state index in [0.717, 1.165) is 12.8 Å². The summed E-state index contributed by atoms with van der Waals surface area (Å²) in [7, 11) is 2.99. The third-order valence-corrected chi connectivity index (χ3v) is 4.78. The van der Waals surface area contributed by atoms with Crippen molar-refractivity contribution in [3.8, 4) is 11.5 Å². The van der Waals surface area contributed by atoms with E-state index >= 15 is 0 Å². The number of carbonyl (C=O) groups excluding carboxylic acids is 2. The van der Waals surface area contributed by atoms with Crippen molar-refractivity contribution >= 4 is 17.5 Å². The molecule has 148 valence electrons. The molecule has 28 heavy (non-hydrogen) atoms. The first-order chi connectivity index (χ1) is 13.5. The van der Waals surface area contributed by atoms with E-state index in [0.29, 0.717) is 35.2 Å². The Hall–Kier alpha value is -3.06. The number of rotatable bonds is 8. The molecule has 0 spiro atoms. The van der Waals surface area contributed by atoms with Crippen LogP contribution in [0.5, 0.6) is 11.5 Å². The fourth-order valence-electron chi connectivity index (χ4n) is 2.95. The fourth-order valence-corrected chi connectivity index (χ4v) is 2.95. The fraction of sp³-hybridized carbons (Fsp3) is 0.333. The van der Waals surface area contributed by atoms with Crippen LogP contribution in [0.4, 0.5) is 5.69 Å². The quantitative estimate of drug-likeness (QED) is 0.650. The molecule has 1 unspecified atom stereocenters. The van der Waals surface area contributed by atoms with Crippen molar-refractivity contribution in [2.45, 2.75) is 18.9 Å². The maximum Gasteiger partial charge on any atom is 0.255 e. The maximum absolute atomic E-state index is 12.8. The summed E-state index contributed by atoms with van der Waals surface area (Å²) in [6.45, 7) is 0.379. The molecule has 0 bridgehead atoms. The number of hydrogen-bond donors (Lipinski definition) is 3. The van der Waals surface area contributed by atoms with Gasteiger partial charge in [0.25, 0.3) is 11.8 Å². The first-order valence-electron chi connectivity index (χ1n) is 9.19. The number of carbonyl (C=O) groups is 2. The minimum Gasteiger partial charge on any atom is -0.493 e.